The van der Waals surface area contributed by atoms with Crippen molar-refractivity contribution in [1.82, 2.24) is 0 Å². The Hall–Kier alpha value is -2.02. The van der Waals surface area contributed by atoms with Gasteiger partial charge in [-0.3, -0.25) is 19.2 Å². The van der Waals surface area contributed by atoms with E-state index in [0.717, 1.165) is 6.42 Å². The summed E-state index contributed by atoms with van der Waals surface area (Å²) in [6.07, 6.45) is 4.21. The first-order chi connectivity index (χ1) is 15.1. The molecule has 1 N–H and O–H groups in total. The van der Waals surface area contributed by atoms with Crippen molar-refractivity contribution in [2.75, 3.05) is 7.11 Å². The molecule has 33 heavy (non-hydrogen) atoms. The van der Waals surface area contributed by atoms with Gasteiger partial charge in [0.15, 0.2) is 22.6 Å². The standard InChI is InChI=1S/C26H34O7/c1-13-12-15-22(4,10-8-14-21(2,3)16-9-11-25(14,15)19(29)33-16)26(20(30)32-7)18(28)24(6,31)17(27)23(13,26)5/h12,14-16,31H,8-11H2,1-7H3/t14-,15+,16-,22+,23+,24-,25+,26-/m1/s1. The summed E-state index contributed by atoms with van der Waals surface area (Å²) in [7, 11) is 1.21. The molecule has 0 amide bonds. The minimum atomic E-state index is -2.32. The van der Waals surface area contributed by atoms with Crippen LogP contribution in [0, 0.1) is 38.9 Å². The van der Waals surface area contributed by atoms with E-state index >= 15 is 0 Å². The number of carbonyl (C=O) groups excluding carboxylic acids is 4. The predicted octanol–water partition coefficient (Wildman–Crippen LogP) is 2.78. The lowest BCUT2D eigenvalue weighted by Gasteiger charge is -2.70. The molecule has 4 aliphatic carbocycles. The summed E-state index contributed by atoms with van der Waals surface area (Å²) >= 11 is 0. The molecule has 0 radical (unpaired) electrons. The van der Waals surface area contributed by atoms with Gasteiger partial charge in [0.05, 0.1) is 17.9 Å². The number of esters is 2. The lowest BCUT2D eigenvalue weighted by Crippen LogP contribution is -2.74. The van der Waals surface area contributed by atoms with Gasteiger partial charge in [-0.2, -0.15) is 0 Å². The van der Waals surface area contributed by atoms with Crippen LogP contribution >= 0.6 is 0 Å². The molecule has 2 aliphatic heterocycles. The van der Waals surface area contributed by atoms with Gasteiger partial charge in [0.1, 0.15) is 6.10 Å². The van der Waals surface area contributed by atoms with Crippen LogP contribution in [-0.4, -0.2) is 47.4 Å². The topological polar surface area (TPSA) is 107 Å². The van der Waals surface area contributed by atoms with Crippen molar-refractivity contribution in [3.8, 4) is 0 Å². The molecule has 0 unspecified atom stereocenters. The number of methoxy groups -OCH3 is 1. The number of fused-ring (bicyclic) bond motifs is 5. The predicted molar refractivity (Wildman–Crippen MR) is 117 cm³/mol. The third-order valence-electron chi connectivity index (χ3n) is 11.0. The Balaban J connectivity index is 1.87. The number of ether oxygens (including phenoxy) is 2. The first-order valence-corrected chi connectivity index (χ1v) is 11.9. The molecule has 0 aromatic carbocycles. The molecule has 8 atom stereocenters. The van der Waals surface area contributed by atoms with E-state index < -0.39 is 50.7 Å². The molecule has 7 heteroatoms. The van der Waals surface area contributed by atoms with Crippen molar-refractivity contribution >= 4 is 23.5 Å². The molecular formula is C26H34O7. The van der Waals surface area contributed by atoms with Gasteiger partial charge in [-0.1, -0.05) is 32.4 Å². The fourth-order valence-corrected chi connectivity index (χ4v) is 9.31. The number of allylic oxidation sites excluding steroid dienone is 2. The van der Waals surface area contributed by atoms with Crippen molar-refractivity contribution in [3.63, 3.8) is 0 Å². The summed E-state index contributed by atoms with van der Waals surface area (Å²) < 4.78 is 11.2. The van der Waals surface area contributed by atoms with E-state index in [-0.39, 0.29) is 23.4 Å². The second-order valence-electron chi connectivity index (χ2n) is 12.2. The molecule has 7 nitrogen and oxygen atoms in total. The minimum Gasteiger partial charge on any atom is -0.468 e. The van der Waals surface area contributed by atoms with Crippen LogP contribution in [0.3, 0.4) is 0 Å². The molecule has 6 aliphatic rings. The zero-order valence-electron chi connectivity index (χ0n) is 20.5. The Morgan fingerprint density at radius 2 is 1.70 bits per heavy atom. The first kappa shape index (κ1) is 22.8. The van der Waals surface area contributed by atoms with Gasteiger partial charge < -0.3 is 14.6 Å². The van der Waals surface area contributed by atoms with Gasteiger partial charge in [0.2, 0.25) is 0 Å². The summed E-state index contributed by atoms with van der Waals surface area (Å²) in [5, 5.41) is 11.1. The summed E-state index contributed by atoms with van der Waals surface area (Å²) in [4.78, 5) is 55.1. The Labute approximate surface area is 194 Å². The Bertz CT molecular complexity index is 1050. The highest BCUT2D eigenvalue weighted by Gasteiger charge is 2.86. The van der Waals surface area contributed by atoms with Crippen LogP contribution < -0.4 is 0 Å². The van der Waals surface area contributed by atoms with E-state index in [9.17, 15) is 24.3 Å². The van der Waals surface area contributed by atoms with Gasteiger partial charge >= 0.3 is 11.9 Å². The fourth-order valence-electron chi connectivity index (χ4n) is 9.31. The average molecular weight is 459 g/mol. The van der Waals surface area contributed by atoms with Crippen LogP contribution in [0.15, 0.2) is 11.6 Å². The zero-order chi connectivity index (χ0) is 24.6. The van der Waals surface area contributed by atoms with Crippen molar-refractivity contribution in [3.05, 3.63) is 11.6 Å². The lowest BCUT2D eigenvalue weighted by atomic mass is 9.33. The summed E-state index contributed by atoms with van der Waals surface area (Å²) in [5.74, 6) is -3.06. The van der Waals surface area contributed by atoms with Crippen LogP contribution in [0.1, 0.15) is 67.2 Å². The van der Waals surface area contributed by atoms with Crippen LogP contribution in [0.4, 0.5) is 0 Å². The third-order valence-corrected chi connectivity index (χ3v) is 11.0. The van der Waals surface area contributed by atoms with Crippen LogP contribution in [0.25, 0.3) is 0 Å². The van der Waals surface area contributed by atoms with E-state index in [4.69, 9.17) is 9.47 Å². The molecule has 2 bridgehead atoms. The van der Waals surface area contributed by atoms with Crippen LogP contribution in [0.2, 0.25) is 0 Å². The number of rotatable bonds is 1. The van der Waals surface area contributed by atoms with Crippen molar-refractivity contribution in [2.24, 2.45) is 38.9 Å². The van der Waals surface area contributed by atoms with E-state index in [0.29, 0.717) is 24.8 Å². The number of hydrogen-bond acceptors (Lipinski definition) is 7. The molecule has 0 aromatic heterocycles. The second-order valence-corrected chi connectivity index (χ2v) is 12.2. The van der Waals surface area contributed by atoms with Crippen LogP contribution in [-0.2, 0) is 28.7 Å². The quantitative estimate of drug-likeness (QED) is 0.366. The zero-order valence-corrected chi connectivity index (χ0v) is 20.5. The van der Waals surface area contributed by atoms with Gasteiger partial charge in [0, 0.05) is 11.3 Å². The van der Waals surface area contributed by atoms with E-state index in [1.54, 1.807) is 13.8 Å². The van der Waals surface area contributed by atoms with Crippen molar-refractivity contribution < 1.29 is 33.8 Å². The fraction of sp³-hybridized carbons (Fsp3) is 0.769. The third kappa shape index (κ3) is 1.94. The number of aliphatic hydroxyl groups is 1. The number of carbonyl (C=O) groups is 4. The average Bonchev–Trinajstić information content (AvgIpc) is 2.87. The molecule has 3 saturated carbocycles. The van der Waals surface area contributed by atoms with Crippen molar-refractivity contribution in [1.29, 1.82) is 0 Å². The van der Waals surface area contributed by atoms with Crippen LogP contribution in [0.5, 0.6) is 0 Å². The van der Waals surface area contributed by atoms with Gasteiger partial charge in [0.25, 0.3) is 0 Å². The molecule has 1 spiro atoms. The molecule has 5 fully saturated rings. The van der Waals surface area contributed by atoms with Gasteiger partial charge in [-0.15, -0.1) is 0 Å². The first-order valence-electron chi connectivity index (χ1n) is 11.9. The Morgan fingerprint density at radius 3 is 2.27 bits per heavy atom. The van der Waals surface area contributed by atoms with Gasteiger partial charge in [-0.25, -0.2) is 0 Å². The minimum absolute atomic E-state index is 0.0268. The summed E-state index contributed by atoms with van der Waals surface area (Å²) in [5.41, 5.74) is -7.55. The maximum Gasteiger partial charge on any atom is 0.321 e. The molecule has 0 aromatic rings. The summed E-state index contributed by atoms with van der Waals surface area (Å²) in [6, 6.07) is 0. The SMILES string of the molecule is COC(=O)[C@@]12C(=O)[C@](C)(O)C(=O)[C@]1(C)C(C)=C[C@@H]1[C@@]34CC[C@@H](OC3=O)C(C)(C)[C@H]4CC[C@@]12C. The maximum atomic E-state index is 14.1. The second kappa shape index (κ2) is 5.96. The summed E-state index contributed by atoms with van der Waals surface area (Å²) in [6.45, 7) is 10.6. The monoisotopic (exact) mass is 458 g/mol. The normalized spacial score (nSPS) is 51.8. The van der Waals surface area contributed by atoms with E-state index in [1.807, 2.05) is 13.0 Å². The molecule has 6 rings (SSSR count). The molecular weight excluding hydrogens is 424 g/mol. The highest BCUT2D eigenvalue weighted by molar-refractivity contribution is 6.30. The highest BCUT2D eigenvalue weighted by atomic mass is 16.6. The molecule has 2 heterocycles. The maximum absolute atomic E-state index is 14.1. The van der Waals surface area contributed by atoms with E-state index in [2.05, 4.69) is 13.8 Å². The number of ketones is 2. The highest BCUT2D eigenvalue weighted by Crippen LogP contribution is 2.78. The van der Waals surface area contributed by atoms with E-state index in [1.165, 1.54) is 14.0 Å². The molecule has 180 valence electrons. The largest absolute Gasteiger partial charge is 0.468 e. The van der Waals surface area contributed by atoms with Crippen molar-refractivity contribution in [2.45, 2.75) is 78.9 Å². The number of hydrogen-bond donors (Lipinski definition) is 1. The number of Topliss-reactive ketones (excluding diaryl/α,β-unsaturated/α-hetero) is 2. The Kier molecular flexibility index (Phi) is 4.11. The Morgan fingerprint density at radius 1 is 1.06 bits per heavy atom. The smallest absolute Gasteiger partial charge is 0.321 e. The van der Waals surface area contributed by atoms with Gasteiger partial charge in [-0.05, 0) is 57.8 Å². The lowest BCUT2D eigenvalue weighted by molar-refractivity contribution is -0.262. The molecule has 2 saturated heterocycles.